The molecule has 8 nitrogen and oxygen atoms in total. The zero-order valence-electron chi connectivity index (χ0n) is 22.5. The highest BCUT2D eigenvalue weighted by Gasteiger charge is 2.34. The zero-order valence-corrected chi connectivity index (χ0v) is 22.5. The van der Waals surface area contributed by atoms with E-state index >= 15 is 0 Å². The molecule has 0 aliphatic heterocycles. The van der Waals surface area contributed by atoms with Crippen LogP contribution < -0.4 is 5.32 Å². The lowest BCUT2D eigenvalue weighted by Crippen LogP contribution is -2.43. The summed E-state index contributed by atoms with van der Waals surface area (Å²) in [5, 5.41) is 23.8. The van der Waals surface area contributed by atoms with E-state index in [1.54, 1.807) is 29.0 Å². The Morgan fingerprint density at radius 2 is 1.67 bits per heavy atom. The standard InChI is InChI=1S/C31H26F3N7O/c1-20(37-16-31(42,17-40-19-36-18-38-40)26-8-7-25(33)14-27(26)34)23-4-9-28-29(21-10-12-35-13-11-21)30(39-41(28)15-23)22-2-5-24(32)6-3-22/h2-15,18-20,37,42H,16-17H2,1H3/t20-,31-/m0/s1. The molecule has 4 aromatic heterocycles. The highest BCUT2D eigenvalue weighted by atomic mass is 19.1. The molecule has 0 amide bonds. The van der Waals surface area contributed by atoms with Crippen molar-refractivity contribution in [2.75, 3.05) is 6.54 Å². The molecular formula is C31H26F3N7O. The van der Waals surface area contributed by atoms with E-state index in [4.69, 9.17) is 5.10 Å². The molecule has 0 bridgehead atoms. The molecule has 4 heterocycles. The first-order chi connectivity index (χ1) is 20.3. The van der Waals surface area contributed by atoms with Crippen molar-refractivity contribution in [2.45, 2.75) is 25.1 Å². The van der Waals surface area contributed by atoms with Gasteiger partial charge in [-0.05, 0) is 66.6 Å². The molecule has 0 fully saturated rings. The van der Waals surface area contributed by atoms with E-state index in [-0.39, 0.29) is 30.5 Å². The smallest absolute Gasteiger partial charge is 0.137 e. The van der Waals surface area contributed by atoms with Crippen LogP contribution in [0.2, 0.25) is 0 Å². The average molecular weight is 570 g/mol. The first-order valence-corrected chi connectivity index (χ1v) is 13.2. The number of nitrogens with zero attached hydrogens (tertiary/aromatic N) is 6. The van der Waals surface area contributed by atoms with Gasteiger partial charge in [0.25, 0.3) is 0 Å². The minimum atomic E-state index is -1.76. The van der Waals surface area contributed by atoms with Gasteiger partial charge in [-0.15, -0.1) is 0 Å². The first-order valence-electron chi connectivity index (χ1n) is 13.2. The van der Waals surface area contributed by atoms with Crippen molar-refractivity contribution in [3.8, 4) is 22.4 Å². The maximum Gasteiger partial charge on any atom is 0.137 e. The van der Waals surface area contributed by atoms with Crippen molar-refractivity contribution in [3.05, 3.63) is 127 Å². The number of rotatable bonds is 9. The molecule has 0 spiro atoms. The molecular weight excluding hydrogens is 543 g/mol. The van der Waals surface area contributed by atoms with Crippen LogP contribution in [0.4, 0.5) is 13.2 Å². The van der Waals surface area contributed by atoms with Gasteiger partial charge in [0.15, 0.2) is 0 Å². The van der Waals surface area contributed by atoms with Gasteiger partial charge in [-0.3, -0.25) is 4.98 Å². The lowest BCUT2D eigenvalue weighted by atomic mass is 9.92. The number of benzene rings is 2. The predicted octanol–water partition coefficient (Wildman–Crippen LogP) is 5.31. The van der Waals surface area contributed by atoms with E-state index < -0.39 is 17.2 Å². The largest absolute Gasteiger partial charge is 0.382 e. The van der Waals surface area contributed by atoms with Crippen molar-refractivity contribution >= 4 is 5.52 Å². The minimum Gasteiger partial charge on any atom is -0.382 e. The van der Waals surface area contributed by atoms with Gasteiger partial charge in [0.05, 0.1) is 12.1 Å². The molecule has 6 rings (SSSR count). The van der Waals surface area contributed by atoms with Crippen LogP contribution in [0.25, 0.3) is 27.9 Å². The molecule has 0 radical (unpaired) electrons. The highest BCUT2D eigenvalue weighted by molar-refractivity contribution is 5.92. The Labute approximate surface area is 239 Å². The number of pyridine rings is 2. The monoisotopic (exact) mass is 569 g/mol. The molecule has 2 atom stereocenters. The van der Waals surface area contributed by atoms with Gasteiger partial charge < -0.3 is 10.4 Å². The van der Waals surface area contributed by atoms with Crippen LogP contribution in [0.15, 0.2) is 98.0 Å². The third-order valence-electron chi connectivity index (χ3n) is 7.26. The normalized spacial score (nSPS) is 13.7. The second-order valence-electron chi connectivity index (χ2n) is 10.1. The quantitative estimate of drug-likeness (QED) is 0.245. The van der Waals surface area contributed by atoms with Gasteiger partial charge >= 0.3 is 0 Å². The number of hydrogen-bond acceptors (Lipinski definition) is 6. The van der Waals surface area contributed by atoms with Crippen molar-refractivity contribution in [3.63, 3.8) is 0 Å². The van der Waals surface area contributed by atoms with Crippen LogP contribution in [0, 0.1) is 17.5 Å². The van der Waals surface area contributed by atoms with Gasteiger partial charge in [0, 0.05) is 53.9 Å². The summed E-state index contributed by atoms with van der Waals surface area (Å²) in [6.07, 6.45) is 8.02. The van der Waals surface area contributed by atoms with Gasteiger partial charge in [-0.1, -0.05) is 12.1 Å². The molecule has 42 heavy (non-hydrogen) atoms. The summed E-state index contributed by atoms with van der Waals surface area (Å²) < 4.78 is 45.3. The van der Waals surface area contributed by atoms with E-state index in [0.29, 0.717) is 5.69 Å². The first kappa shape index (κ1) is 27.3. The third-order valence-corrected chi connectivity index (χ3v) is 7.26. The van der Waals surface area contributed by atoms with E-state index in [1.165, 1.54) is 35.5 Å². The van der Waals surface area contributed by atoms with Crippen LogP contribution in [0.3, 0.4) is 0 Å². The van der Waals surface area contributed by atoms with E-state index in [9.17, 15) is 18.3 Å². The summed E-state index contributed by atoms with van der Waals surface area (Å²) in [6, 6.07) is 16.7. The van der Waals surface area contributed by atoms with Crippen molar-refractivity contribution in [1.29, 1.82) is 0 Å². The van der Waals surface area contributed by atoms with E-state index in [1.807, 2.05) is 37.4 Å². The summed E-state index contributed by atoms with van der Waals surface area (Å²) in [5.41, 5.74) is 3.11. The van der Waals surface area contributed by atoms with Crippen LogP contribution in [0.1, 0.15) is 24.1 Å². The molecule has 2 aromatic carbocycles. The van der Waals surface area contributed by atoms with Crippen LogP contribution in [-0.2, 0) is 12.1 Å². The number of aromatic nitrogens is 6. The van der Waals surface area contributed by atoms with Gasteiger partial charge in [-0.25, -0.2) is 27.4 Å². The van der Waals surface area contributed by atoms with Gasteiger partial charge in [-0.2, -0.15) is 10.2 Å². The summed E-state index contributed by atoms with van der Waals surface area (Å²) in [4.78, 5) is 8.03. The van der Waals surface area contributed by atoms with Crippen molar-refractivity contribution in [2.24, 2.45) is 0 Å². The van der Waals surface area contributed by atoms with Crippen LogP contribution in [0.5, 0.6) is 0 Å². The number of hydrogen-bond donors (Lipinski definition) is 2. The molecule has 0 unspecified atom stereocenters. The SMILES string of the molecule is C[C@H](NC[C@](O)(Cn1cncn1)c1ccc(F)cc1F)c1ccc2c(-c3ccncc3)c(-c3ccc(F)cc3)nn2c1. The number of fused-ring (bicyclic) bond motifs is 1. The summed E-state index contributed by atoms with van der Waals surface area (Å²) in [7, 11) is 0. The highest BCUT2D eigenvalue weighted by Crippen LogP contribution is 2.35. The summed E-state index contributed by atoms with van der Waals surface area (Å²) in [5.74, 6) is -1.93. The molecule has 2 N–H and O–H groups in total. The lowest BCUT2D eigenvalue weighted by Gasteiger charge is -2.31. The topological polar surface area (TPSA) is 93.2 Å². The molecule has 212 valence electrons. The fourth-order valence-corrected chi connectivity index (χ4v) is 5.06. The van der Waals surface area contributed by atoms with Crippen molar-refractivity contribution in [1.82, 2.24) is 34.7 Å². The fraction of sp³-hybridized carbons (Fsp3) is 0.161. The Morgan fingerprint density at radius 1 is 0.905 bits per heavy atom. The maximum atomic E-state index is 14.8. The Kier molecular flexibility index (Phi) is 7.27. The Bertz CT molecular complexity index is 1830. The number of halogens is 3. The minimum absolute atomic E-state index is 0.0624. The maximum absolute atomic E-state index is 14.8. The second kappa shape index (κ2) is 11.2. The van der Waals surface area contributed by atoms with Crippen LogP contribution >= 0.6 is 0 Å². The lowest BCUT2D eigenvalue weighted by molar-refractivity contribution is 0.00988. The van der Waals surface area contributed by atoms with Crippen molar-refractivity contribution < 1.29 is 18.3 Å². The Hall–Kier alpha value is -4.87. The number of aliphatic hydroxyl groups is 1. The molecule has 11 heteroatoms. The third kappa shape index (κ3) is 5.39. The predicted molar refractivity (Wildman–Crippen MR) is 151 cm³/mol. The molecule has 0 saturated heterocycles. The van der Waals surface area contributed by atoms with E-state index in [0.717, 1.165) is 39.9 Å². The van der Waals surface area contributed by atoms with Gasteiger partial charge in [0.2, 0.25) is 0 Å². The Balaban J connectivity index is 1.33. The molecule has 0 aliphatic carbocycles. The van der Waals surface area contributed by atoms with E-state index in [2.05, 4.69) is 20.4 Å². The zero-order chi connectivity index (χ0) is 29.3. The summed E-state index contributed by atoms with van der Waals surface area (Å²) in [6.45, 7) is 1.73. The number of nitrogens with one attached hydrogen (secondary N) is 1. The van der Waals surface area contributed by atoms with Crippen LogP contribution in [-0.4, -0.2) is 41.0 Å². The molecule has 0 saturated carbocycles. The second-order valence-corrected chi connectivity index (χ2v) is 10.1. The average Bonchev–Trinajstić information content (AvgIpc) is 3.64. The Morgan fingerprint density at radius 3 is 2.38 bits per heavy atom. The molecule has 0 aliphatic rings. The van der Waals surface area contributed by atoms with Gasteiger partial charge in [0.1, 0.15) is 41.4 Å². The molecule has 6 aromatic rings. The summed E-state index contributed by atoms with van der Waals surface area (Å²) >= 11 is 0. The fourth-order valence-electron chi connectivity index (χ4n) is 5.06.